The van der Waals surface area contributed by atoms with E-state index in [9.17, 15) is 14.4 Å². The molecule has 27 heavy (non-hydrogen) atoms. The first-order valence-corrected chi connectivity index (χ1v) is 9.07. The van der Waals surface area contributed by atoms with Crippen molar-refractivity contribution in [1.29, 1.82) is 0 Å². The summed E-state index contributed by atoms with van der Waals surface area (Å²) in [5, 5.41) is 10.2. The van der Waals surface area contributed by atoms with E-state index in [1.165, 1.54) is 17.4 Å². The van der Waals surface area contributed by atoms with E-state index in [1.807, 2.05) is 0 Å². The number of carbonyl (C=O) groups is 3. The Morgan fingerprint density at radius 3 is 2.63 bits per heavy atom. The lowest BCUT2D eigenvalue weighted by Gasteiger charge is -2.14. The Labute approximate surface area is 161 Å². The summed E-state index contributed by atoms with van der Waals surface area (Å²) in [7, 11) is 0. The summed E-state index contributed by atoms with van der Waals surface area (Å²) < 4.78 is 6.00. The van der Waals surface area contributed by atoms with E-state index >= 15 is 0 Å². The lowest BCUT2D eigenvalue weighted by molar-refractivity contribution is -0.121. The maximum absolute atomic E-state index is 12.4. The summed E-state index contributed by atoms with van der Waals surface area (Å²) in [6.07, 6.45) is 0.347. The second-order valence-corrected chi connectivity index (χ2v) is 7.36. The molecule has 0 unspecified atom stereocenters. The predicted octanol–water partition coefficient (Wildman–Crippen LogP) is 3.36. The highest BCUT2D eigenvalue weighted by atomic mass is 35.5. The Hall–Kier alpha value is -3.04. The van der Waals surface area contributed by atoms with Crippen molar-refractivity contribution in [2.75, 3.05) is 10.2 Å². The summed E-state index contributed by atoms with van der Waals surface area (Å²) in [6.45, 7) is 0. The predicted molar refractivity (Wildman–Crippen MR) is 98.7 cm³/mol. The van der Waals surface area contributed by atoms with Gasteiger partial charge in [0, 0.05) is 18.4 Å². The average molecular weight is 403 g/mol. The number of benzene rings is 1. The van der Waals surface area contributed by atoms with Crippen molar-refractivity contribution in [2.24, 2.45) is 0 Å². The van der Waals surface area contributed by atoms with Gasteiger partial charge in [0.1, 0.15) is 0 Å². The molecular formula is C17H11ClN4O4S. The van der Waals surface area contributed by atoms with Crippen molar-refractivity contribution in [1.82, 2.24) is 10.2 Å². The van der Waals surface area contributed by atoms with Crippen molar-refractivity contribution in [3.8, 4) is 10.8 Å². The minimum atomic E-state index is -0.504. The SMILES string of the molecule is O=C(Nc1nnc(-c2ccc(Cl)s2)o1)c1cccc(N2C(=O)CCC2=O)c1. The molecule has 0 radical (unpaired) electrons. The third kappa shape index (κ3) is 3.46. The lowest BCUT2D eigenvalue weighted by Crippen LogP contribution is -2.28. The summed E-state index contributed by atoms with van der Waals surface area (Å²) in [5.74, 6) is -0.831. The fourth-order valence-corrected chi connectivity index (χ4v) is 3.59. The topological polar surface area (TPSA) is 105 Å². The monoisotopic (exact) mass is 402 g/mol. The van der Waals surface area contributed by atoms with Gasteiger partial charge in [-0.2, -0.15) is 0 Å². The van der Waals surface area contributed by atoms with Crippen molar-refractivity contribution < 1.29 is 18.8 Å². The van der Waals surface area contributed by atoms with Gasteiger partial charge in [-0.25, -0.2) is 0 Å². The van der Waals surface area contributed by atoms with Gasteiger partial charge < -0.3 is 4.42 Å². The molecule has 0 aliphatic carbocycles. The van der Waals surface area contributed by atoms with Crippen molar-refractivity contribution in [2.45, 2.75) is 12.8 Å². The number of imide groups is 1. The molecule has 0 saturated carbocycles. The van der Waals surface area contributed by atoms with Crippen LogP contribution >= 0.6 is 22.9 Å². The van der Waals surface area contributed by atoms with E-state index < -0.39 is 5.91 Å². The van der Waals surface area contributed by atoms with Gasteiger partial charge in [0.15, 0.2) is 0 Å². The highest BCUT2D eigenvalue weighted by Gasteiger charge is 2.30. The maximum Gasteiger partial charge on any atom is 0.322 e. The van der Waals surface area contributed by atoms with Gasteiger partial charge in [-0.15, -0.1) is 16.4 Å². The number of anilines is 2. The number of rotatable bonds is 4. The number of nitrogens with zero attached hydrogens (tertiary/aromatic N) is 3. The Bertz CT molecular complexity index is 1040. The van der Waals surface area contributed by atoms with Gasteiger partial charge >= 0.3 is 6.01 Å². The van der Waals surface area contributed by atoms with E-state index in [0.717, 1.165) is 4.90 Å². The van der Waals surface area contributed by atoms with Crippen LogP contribution in [0, 0.1) is 0 Å². The fourth-order valence-electron chi connectivity index (χ4n) is 2.62. The van der Waals surface area contributed by atoms with Crippen LogP contribution in [0.3, 0.4) is 0 Å². The van der Waals surface area contributed by atoms with Crippen LogP contribution in [0.4, 0.5) is 11.7 Å². The molecule has 10 heteroatoms. The molecule has 3 amide bonds. The van der Waals surface area contributed by atoms with Crippen LogP contribution in [0.5, 0.6) is 0 Å². The molecule has 1 fully saturated rings. The molecule has 0 atom stereocenters. The molecule has 1 aliphatic rings. The van der Waals surface area contributed by atoms with E-state index in [-0.39, 0.29) is 42.1 Å². The molecule has 2 aromatic heterocycles. The maximum atomic E-state index is 12.4. The molecule has 1 N–H and O–H groups in total. The highest BCUT2D eigenvalue weighted by molar-refractivity contribution is 7.19. The third-order valence-electron chi connectivity index (χ3n) is 3.85. The van der Waals surface area contributed by atoms with Crippen LogP contribution in [-0.4, -0.2) is 27.9 Å². The van der Waals surface area contributed by atoms with E-state index in [0.29, 0.717) is 14.9 Å². The average Bonchev–Trinajstić information content (AvgIpc) is 3.36. The summed E-state index contributed by atoms with van der Waals surface area (Å²) >= 11 is 7.15. The van der Waals surface area contributed by atoms with Gasteiger partial charge in [-0.1, -0.05) is 22.8 Å². The largest absolute Gasteiger partial charge is 0.402 e. The number of aromatic nitrogens is 2. The quantitative estimate of drug-likeness (QED) is 0.671. The zero-order valence-corrected chi connectivity index (χ0v) is 15.2. The Kier molecular flexibility index (Phi) is 4.46. The molecule has 1 saturated heterocycles. The second-order valence-electron chi connectivity index (χ2n) is 5.64. The van der Waals surface area contributed by atoms with Gasteiger partial charge in [0.25, 0.3) is 11.8 Å². The zero-order valence-electron chi connectivity index (χ0n) is 13.6. The van der Waals surface area contributed by atoms with Crippen molar-refractivity contribution in [3.05, 3.63) is 46.3 Å². The molecule has 1 aliphatic heterocycles. The Balaban J connectivity index is 1.52. The standard InChI is InChI=1S/C17H11ClN4O4S/c18-12-5-4-11(27-12)16-20-21-17(26-16)19-15(25)9-2-1-3-10(8-9)22-13(23)6-7-14(22)24/h1-5,8H,6-7H2,(H,19,21,25). The lowest BCUT2D eigenvalue weighted by atomic mass is 10.2. The van der Waals surface area contributed by atoms with Crippen LogP contribution in [0.15, 0.2) is 40.8 Å². The molecule has 136 valence electrons. The molecule has 4 rings (SSSR count). The molecule has 0 spiro atoms. The summed E-state index contributed by atoms with van der Waals surface area (Å²) in [6, 6.07) is 9.58. The number of nitrogens with one attached hydrogen (secondary N) is 1. The van der Waals surface area contributed by atoms with Crippen LogP contribution in [0.1, 0.15) is 23.2 Å². The minimum absolute atomic E-state index is 0.0711. The second kappa shape index (κ2) is 6.93. The molecule has 3 heterocycles. The molecular weight excluding hydrogens is 392 g/mol. The Morgan fingerprint density at radius 2 is 1.93 bits per heavy atom. The van der Waals surface area contributed by atoms with E-state index in [4.69, 9.17) is 16.0 Å². The van der Waals surface area contributed by atoms with Crippen LogP contribution in [0.2, 0.25) is 4.34 Å². The van der Waals surface area contributed by atoms with Gasteiger partial charge in [0.2, 0.25) is 11.8 Å². The number of amides is 3. The molecule has 8 nitrogen and oxygen atoms in total. The summed E-state index contributed by atoms with van der Waals surface area (Å²) in [5.41, 5.74) is 0.605. The van der Waals surface area contributed by atoms with E-state index in [1.54, 1.807) is 30.3 Å². The van der Waals surface area contributed by atoms with Crippen LogP contribution < -0.4 is 10.2 Å². The number of thiophene rings is 1. The van der Waals surface area contributed by atoms with Crippen LogP contribution in [-0.2, 0) is 9.59 Å². The number of carbonyl (C=O) groups excluding carboxylic acids is 3. The molecule has 1 aromatic carbocycles. The highest BCUT2D eigenvalue weighted by Crippen LogP contribution is 2.31. The minimum Gasteiger partial charge on any atom is -0.402 e. The fraction of sp³-hybridized carbons (Fsp3) is 0.118. The van der Waals surface area contributed by atoms with Crippen molar-refractivity contribution >= 4 is 52.4 Å². The van der Waals surface area contributed by atoms with Gasteiger partial charge in [-0.3, -0.25) is 24.6 Å². The molecule has 0 bridgehead atoms. The van der Waals surface area contributed by atoms with Gasteiger partial charge in [0.05, 0.1) is 14.9 Å². The number of hydrogen-bond acceptors (Lipinski definition) is 7. The first kappa shape index (κ1) is 17.4. The summed E-state index contributed by atoms with van der Waals surface area (Å²) in [4.78, 5) is 37.9. The third-order valence-corrected chi connectivity index (χ3v) is 5.07. The Morgan fingerprint density at radius 1 is 1.15 bits per heavy atom. The normalized spacial score (nSPS) is 14.0. The van der Waals surface area contributed by atoms with Crippen LogP contribution in [0.25, 0.3) is 10.8 Å². The first-order valence-electron chi connectivity index (χ1n) is 7.88. The van der Waals surface area contributed by atoms with Gasteiger partial charge in [-0.05, 0) is 30.3 Å². The molecule has 3 aromatic rings. The zero-order chi connectivity index (χ0) is 19.0. The number of hydrogen-bond donors (Lipinski definition) is 1. The van der Waals surface area contributed by atoms with E-state index in [2.05, 4.69) is 15.5 Å². The smallest absolute Gasteiger partial charge is 0.322 e. The van der Waals surface area contributed by atoms with Crippen molar-refractivity contribution in [3.63, 3.8) is 0 Å². The number of halogens is 1. The first-order chi connectivity index (χ1) is 13.0.